The summed E-state index contributed by atoms with van der Waals surface area (Å²) in [4.78, 5) is 2.58. The quantitative estimate of drug-likeness (QED) is 0.174. The molecule has 73 heavy (non-hydrogen) atoms. The highest BCUT2D eigenvalue weighted by atomic mass is 16.5. The van der Waals surface area contributed by atoms with E-state index in [9.17, 15) is 0 Å². The summed E-state index contributed by atoms with van der Waals surface area (Å²) in [7, 11) is 0.667. The van der Waals surface area contributed by atoms with Crippen LogP contribution in [0.25, 0.3) is 66.1 Å². The van der Waals surface area contributed by atoms with E-state index < -0.39 is 0 Å². The molecule has 14 rings (SSSR count). The number of nitrogens with zero attached hydrogens (tertiary/aromatic N) is 1. The van der Waals surface area contributed by atoms with E-state index in [1.807, 2.05) is 0 Å². The van der Waals surface area contributed by atoms with Crippen molar-refractivity contribution in [3.63, 3.8) is 0 Å². The van der Waals surface area contributed by atoms with Gasteiger partial charge in [-0.1, -0.05) is 156 Å². The van der Waals surface area contributed by atoms with Gasteiger partial charge in [0.15, 0.2) is 7.28 Å². The van der Waals surface area contributed by atoms with Gasteiger partial charge in [0.25, 0.3) is 0 Å². The lowest BCUT2D eigenvalue weighted by Crippen LogP contribution is -2.42. The van der Waals surface area contributed by atoms with Crippen LogP contribution in [0, 0.1) is 13.8 Å². The summed E-state index contributed by atoms with van der Waals surface area (Å²) in [5.74, 6) is 1.82. The molecule has 0 saturated carbocycles. The molecule has 2 aliphatic heterocycles. The molecule has 0 fully saturated rings. The van der Waals surface area contributed by atoms with E-state index in [0.29, 0.717) is 7.28 Å². The number of nitrogens with one attached hydrogen (secondary N) is 1. The fourth-order valence-electron chi connectivity index (χ4n) is 12.8. The van der Waals surface area contributed by atoms with Gasteiger partial charge in [0, 0.05) is 89.7 Å². The van der Waals surface area contributed by atoms with Crippen molar-refractivity contribution in [3.05, 3.63) is 197 Å². The lowest BCUT2D eigenvalue weighted by molar-refractivity contribution is 0.332. The van der Waals surface area contributed by atoms with Gasteiger partial charge in [-0.15, -0.1) is 0 Å². The number of anilines is 5. The van der Waals surface area contributed by atoms with Crippen LogP contribution in [0.2, 0.25) is 0 Å². The van der Waals surface area contributed by atoms with Gasteiger partial charge < -0.3 is 23.8 Å². The van der Waals surface area contributed by atoms with Crippen LogP contribution in [0.5, 0.6) is 11.5 Å². The van der Waals surface area contributed by atoms with Crippen molar-refractivity contribution in [1.82, 2.24) is 0 Å². The first kappa shape index (κ1) is 43.8. The average Bonchev–Trinajstić information content (AvgIpc) is 3.94. The first-order valence-corrected chi connectivity index (χ1v) is 26.0. The smallest absolute Gasteiger partial charge is 0.198 e. The van der Waals surface area contributed by atoms with Gasteiger partial charge in [-0.25, -0.2) is 0 Å². The molecule has 0 spiro atoms. The Labute approximate surface area is 427 Å². The lowest BCUT2D eigenvalue weighted by atomic mass is 9.56. The minimum absolute atomic E-state index is 0.00471. The predicted molar refractivity (Wildman–Crippen MR) is 306 cm³/mol. The Morgan fingerprint density at radius 2 is 1.18 bits per heavy atom. The predicted octanol–water partition coefficient (Wildman–Crippen LogP) is 17.1. The monoisotopic (exact) mass is 948 g/mol. The Morgan fingerprint density at radius 3 is 1.96 bits per heavy atom. The summed E-state index contributed by atoms with van der Waals surface area (Å²) in [5.41, 5.74) is 23.1. The van der Waals surface area contributed by atoms with Crippen LogP contribution in [0.4, 0.5) is 28.4 Å². The second-order valence-corrected chi connectivity index (χ2v) is 22.9. The Balaban J connectivity index is 1.10. The van der Waals surface area contributed by atoms with Gasteiger partial charge >= 0.3 is 0 Å². The summed E-state index contributed by atoms with van der Waals surface area (Å²) in [6.45, 7) is 18.9. The summed E-state index contributed by atoms with van der Waals surface area (Å²) >= 11 is 0. The van der Waals surface area contributed by atoms with E-state index >= 15 is 0 Å². The Kier molecular flexibility index (Phi) is 9.32. The third-order valence-electron chi connectivity index (χ3n) is 17.0. The van der Waals surface area contributed by atoms with E-state index in [1.165, 1.54) is 50.0 Å². The summed E-state index contributed by atoms with van der Waals surface area (Å²) < 4.78 is 21.0. The first-order chi connectivity index (χ1) is 35.2. The minimum Gasteiger partial charge on any atom is -0.457 e. The number of fused-ring (bicyclic) bond motifs is 11. The number of benzene rings is 9. The zero-order chi connectivity index (χ0) is 49.7. The number of para-hydroxylation sites is 3. The lowest BCUT2D eigenvalue weighted by Gasteiger charge is -2.44. The second kappa shape index (κ2) is 15.5. The molecular formula is C67H57BN2O3. The standard InChI is InChI=1S/C67H57BN2O3/c1-38-26-27-52(43(30-38)40-18-10-9-11-19-40)69-53-36-60-44(41-20-12-15-23-57(41)71-60)32-46(53)62-63-56(33-45-42-21-13-16-24-58(42)73-64(45)62)70(54-35-49-48(31-39(54)2)65(3,4)28-29-66(49,5)6)55-37-61-50(34-51(55)68-63)67(7,8)47-22-14-17-25-59(47)72-61/h9-27,30-37,68-69H,28-29H2,1-8H3. The molecular weight excluding hydrogens is 892 g/mol. The van der Waals surface area contributed by atoms with Crippen LogP contribution in [-0.4, -0.2) is 7.28 Å². The highest BCUT2D eigenvalue weighted by molar-refractivity contribution is 6.74. The van der Waals surface area contributed by atoms with Crippen molar-refractivity contribution < 1.29 is 13.6 Å². The van der Waals surface area contributed by atoms with Crippen LogP contribution in [-0.2, 0) is 16.2 Å². The molecule has 0 radical (unpaired) electrons. The van der Waals surface area contributed by atoms with Gasteiger partial charge in [0.1, 0.15) is 33.8 Å². The SMILES string of the molecule is Cc1ccc(Nc2cc3oc4ccccc4c3cc2-c2c3c(cc4c2oc2ccccc24)N(c2cc4c(cc2C)C(C)(C)CCC4(C)C)c2cc4c(cc2B3)C(C)(C)c2ccccc2O4)c(-c2ccccc2)c1. The number of aryl methyl sites for hydroxylation is 2. The molecule has 5 nitrogen and oxygen atoms in total. The van der Waals surface area contributed by atoms with Crippen molar-refractivity contribution in [1.29, 1.82) is 0 Å². The molecule has 11 aromatic rings. The fraction of sp³-hybridized carbons (Fsp3) is 0.194. The molecule has 0 unspecified atom stereocenters. The first-order valence-electron chi connectivity index (χ1n) is 26.0. The maximum atomic E-state index is 7.25. The largest absolute Gasteiger partial charge is 0.457 e. The molecule has 0 bridgehead atoms. The van der Waals surface area contributed by atoms with Gasteiger partial charge in [0.05, 0.1) is 5.69 Å². The molecule has 6 heteroatoms. The van der Waals surface area contributed by atoms with Crippen LogP contribution in [0.1, 0.15) is 87.8 Å². The minimum atomic E-state index is -0.303. The van der Waals surface area contributed by atoms with Crippen LogP contribution >= 0.6 is 0 Å². The van der Waals surface area contributed by atoms with Gasteiger partial charge in [-0.05, 0) is 114 Å². The normalized spacial score (nSPS) is 15.8. The van der Waals surface area contributed by atoms with Crippen LogP contribution in [0.3, 0.4) is 0 Å². The molecule has 1 aliphatic carbocycles. The number of rotatable bonds is 5. The second-order valence-electron chi connectivity index (χ2n) is 22.9. The van der Waals surface area contributed by atoms with E-state index in [2.05, 4.69) is 229 Å². The zero-order valence-electron chi connectivity index (χ0n) is 42.9. The summed E-state index contributed by atoms with van der Waals surface area (Å²) in [6.07, 6.45) is 2.27. The number of hydrogen-bond donors (Lipinski definition) is 1. The molecule has 0 saturated heterocycles. The summed E-state index contributed by atoms with van der Waals surface area (Å²) in [6, 6.07) is 59.7. The Bertz CT molecular complexity index is 4140. The topological polar surface area (TPSA) is 50.8 Å². The molecule has 2 aromatic heterocycles. The molecule has 0 amide bonds. The molecule has 3 aliphatic rings. The molecule has 1 N–H and O–H groups in total. The highest BCUT2D eigenvalue weighted by Crippen LogP contribution is 2.54. The van der Waals surface area contributed by atoms with E-state index in [0.717, 1.165) is 113 Å². The van der Waals surface area contributed by atoms with Gasteiger partial charge in [0.2, 0.25) is 0 Å². The summed E-state index contributed by atoms with van der Waals surface area (Å²) in [5, 5.41) is 8.34. The van der Waals surface area contributed by atoms with Crippen molar-refractivity contribution in [2.24, 2.45) is 0 Å². The number of ether oxygens (including phenoxy) is 1. The maximum absolute atomic E-state index is 7.25. The number of furan rings is 2. The van der Waals surface area contributed by atoms with Crippen LogP contribution in [0.15, 0.2) is 173 Å². The fourth-order valence-corrected chi connectivity index (χ4v) is 12.8. The van der Waals surface area contributed by atoms with Gasteiger partial charge in [-0.2, -0.15) is 0 Å². The maximum Gasteiger partial charge on any atom is 0.198 e. The van der Waals surface area contributed by atoms with Crippen molar-refractivity contribution >= 4 is 90.5 Å². The van der Waals surface area contributed by atoms with Gasteiger partial charge in [-0.3, -0.25) is 0 Å². The zero-order valence-corrected chi connectivity index (χ0v) is 42.9. The average molecular weight is 949 g/mol. The molecule has 4 heterocycles. The highest BCUT2D eigenvalue weighted by Gasteiger charge is 2.41. The molecule has 356 valence electrons. The molecule has 9 aromatic carbocycles. The molecule has 0 atom stereocenters. The van der Waals surface area contributed by atoms with Crippen LogP contribution < -0.4 is 25.9 Å². The van der Waals surface area contributed by atoms with Crippen molar-refractivity contribution in [2.75, 3.05) is 10.2 Å². The van der Waals surface area contributed by atoms with Crippen molar-refractivity contribution in [2.45, 2.75) is 84.5 Å². The number of hydrogen-bond acceptors (Lipinski definition) is 5. The van der Waals surface area contributed by atoms with Crippen molar-refractivity contribution in [3.8, 4) is 33.8 Å². The van der Waals surface area contributed by atoms with E-state index in [4.69, 9.17) is 13.6 Å². The third kappa shape index (κ3) is 6.62. The third-order valence-corrected chi connectivity index (χ3v) is 17.0. The van der Waals surface area contributed by atoms with E-state index in [1.54, 1.807) is 0 Å². The van der Waals surface area contributed by atoms with E-state index in [-0.39, 0.29) is 16.2 Å². The Morgan fingerprint density at radius 1 is 0.493 bits per heavy atom. The Hall–Kier alpha value is -7.96.